The zero-order valence-corrected chi connectivity index (χ0v) is 13.6. The lowest BCUT2D eigenvalue weighted by Crippen LogP contribution is -2.30. The van der Waals surface area contributed by atoms with Crippen molar-refractivity contribution in [2.75, 3.05) is 0 Å². The van der Waals surface area contributed by atoms with Crippen LogP contribution in [0.5, 0.6) is 0 Å². The molecule has 0 spiro atoms. The van der Waals surface area contributed by atoms with Gasteiger partial charge in [-0.25, -0.2) is 9.67 Å². The molecule has 1 aromatic carbocycles. The molecule has 23 heavy (non-hydrogen) atoms. The molecule has 0 atom stereocenters. The van der Waals surface area contributed by atoms with Gasteiger partial charge in [0.15, 0.2) is 17.4 Å². The first-order chi connectivity index (χ1) is 10.9. The highest BCUT2D eigenvalue weighted by Gasteiger charge is 2.20. The normalized spacial score (nSPS) is 13.3. The van der Waals surface area contributed by atoms with E-state index in [0.717, 1.165) is 5.69 Å². The molecule has 0 bridgehead atoms. The molecule has 1 aromatic heterocycles. The Morgan fingerprint density at radius 2 is 1.87 bits per heavy atom. The number of nitrogens with one attached hydrogen (secondary N) is 1. The molecule has 0 saturated heterocycles. The van der Waals surface area contributed by atoms with E-state index in [9.17, 15) is 10.4 Å². The van der Waals surface area contributed by atoms with Crippen LogP contribution in [0, 0.1) is 6.92 Å². The molecule has 0 radical (unpaired) electrons. The summed E-state index contributed by atoms with van der Waals surface area (Å²) in [6, 6.07) is 10.8. The summed E-state index contributed by atoms with van der Waals surface area (Å²) in [7, 11) is 0. The van der Waals surface area contributed by atoms with Crippen LogP contribution in [-0.4, -0.2) is 31.7 Å². The topological polar surface area (TPSA) is 95.0 Å². The van der Waals surface area contributed by atoms with Gasteiger partial charge in [-0.2, -0.15) is 5.10 Å². The van der Waals surface area contributed by atoms with Crippen molar-refractivity contribution >= 4 is 17.4 Å². The van der Waals surface area contributed by atoms with Crippen LogP contribution in [0.25, 0.3) is 0 Å². The van der Waals surface area contributed by atoms with E-state index in [2.05, 4.69) is 15.2 Å². The molecular weight excluding hydrogens is 294 g/mol. The summed E-state index contributed by atoms with van der Waals surface area (Å²) in [6.07, 6.45) is 0. The maximum absolute atomic E-state index is 9.45. The first-order valence-corrected chi connectivity index (χ1v) is 7.20. The third kappa shape index (κ3) is 3.75. The lowest BCUT2D eigenvalue weighted by Gasteiger charge is -2.21. The molecule has 0 unspecified atom stereocenters. The number of nitrogens with zero attached hydrogens (tertiary/aromatic N) is 4. The number of rotatable bonds is 3. The Bertz CT molecular complexity index is 727. The Hall–Kier alpha value is -2.67. The molecule has 7 nitrogen and oxygen atoms in total. The van der Waals surface area contributed by atoms with Gasteiger partial charge in [-0.15, -0.1) is 0 Å². The van der Waals surface area contributed by atoms with Crippen LogP contribution in [0.1, 0.15) is 32.0 Å². The number of aliphatic imine (C=N–C) groups is 1. The average molecular weight is 315 g/mol. The van der Waals surface area contributed by atoms with Gasteiger partial charge in [-0.3, -0.25) is 10.7 Å². The van der Waals surface area contributed by atoms with E-state index < -0.39 is 0 Å². The Balaban J connectivity index is 2.51. The number of amidine groups is 1. The van der Waals surface area contributed by atoms with Gasteiger partial charge >= 0.3 is 0 Å². The van der Waals surface area contributed by atoms with Crippen LogP contribution in [0.4, 0.5) is 5.82 Å². The lowest BCUT2D eigenvalue weighted by molar-refractivity contribution is 0.236. The van der Waals surface area contributed by atoms with Gasteiger partial charge < -0.3 is 5.21 Å². The van der Waals surface area contributed by atoms with E-state index in [0.29, 0.717) is 11.4 Å². The van der Waals surface area contributed by atoms with Crippen LogP contribution in [0.3, 0.4) is 0 Å². The first-order valence-electron chi connectivity index (χ1n) is 7.20. The Kier molecular flexibility index (Phi) is 4.80. The second-order valence-corrected chi connectivity index (χ2v) is 6.11. The van der Waals surface area contributed by atoms with Crippen LogP contribution in [0.15, 0.2) is 46.5 Å². The molecule has 1 heterocycles. The van der Waals surface area contributed by atoms with Gasteiger partial charge in [0.05, 0.1) is 11.2 Å². The zero-order chi connectivity index (χ0) is 17.0. The summed E-state index contributed by atoms with van der Waals surface area (Å²) in [5.41, 5.74) is 3.28. The van der Waals surface area contributed by atoms with Crippen LogP contribution >= 0.6 is 0 Å². The molecular formula is C16H21N5O2. The van der Waals surface area contributed by atoms with Gasteiger partial charge in [0.2, 0.25) is 0 Å². The second-order valence-electron chi connectivity index (χ2n) is 6.11. The van der Waals surface area contributed by atoms with Crippen molar-refractivity contribution in [3.63, 3.8) is 0 Å². The summed E-state index contributed by atoms with van der Waals surface area (Å²) in [5.74, 6) is 0.577. The van der Waals surface area contributed by atoms with Crippen molar-refractivity contribution < 1.29 is 10.4 Å². The minimum Gasteiger partial charge on any atom is -0.410 e. The van der Waals surface area contributed by atoms with E-state index >= 15 is 0 Å². The summed E-state index contributed by atoms with van der Waals surface area (Å²) < 4.78 is 1.75. The van der Waals surface area contributed by atoms with Crippen molar-refractivity contribution in [3.05, 3.63) is 47.7 Å². The van der Waals surface area contributed by atoms with Crippen molar-refractivity contribution in [1.29, 1.82) is 0 Å². The Morgan fingerprint density at radius 3 is 2.39 bits per heavy atom. The predicted molar refractivity (Wildman–Crippen MR) is 88.7 cm³/mol. The summed E-state index contributed by atoms with van der Waals surface area (Å²) in [5, 5.41) is 26.5. The monoisotopic (exact) mass is 315 g/mol. The standard InChI is InChI=1S/C16H21N5O2/c1-11-10-13(21(18-11)16(2,3)4)17-15(20-23)14(19-22)12-8-6-5-7-9-12/h5-10,22-23H,1-4H3,(H,17,20). The molecule has 0 amide bonds. The molecule has 2 aromatic rings. The Labute approximate surface area is 134 Å². The predicted octanol–water partition coefficient (Wildman–Crippen LogP) is 2.83. The molecule has 0 aliphatic heterocycles. The first kappa shape index (κ1) is 16.7. The SMILES string of the molecule is Cc1cc(N=C(NO)C(=NO)c2ccccc2)n(C(C)(C)C)n1. The number of hydrogen-bond donors (Lipinski definition) is 3. The summed E-state index contributed by atoms with van der Waals surface area (Å²) >= 11 is 0. The van der Waals surface area contributed by atoms with E-state index in [-0.39, 0.29) is 17.1 Å². The summed E-state index contributed by atoms with van der Waals surface area (Å²) in [6.45, 7) is 7.87. The number of benzene rings is 1. The molecule has 3 N–H and O–H groups in total. The number of aryl methyl sites for hydroxylation is 1. The fraction of sp³-hybridized carbons (Fsp3) is 0.312. The minimum atomic E-state index is -0.281. The quantitative estimate of drug-likeness (QED) is 0.351. The fourth-order valence-electron chi connectivity index (χ4n) is 2.14. The largest absolute Gasteiger partial charge is 0.410 e. The van der Waals surface area contributed by atoms with Crippen molar-refractivity contribution in [2.24, 2.45) is 10.1 Å². The second kappa shape index (κ2) is 6.62. The molecule has 2 rings (SSSR count). The van der Waals surface area contributed by atoms with E-state index in [1.165, 1.54) is 0 Å². The van der Waals surface area contributed by atoms with E-state index in [1.54, 1.807) is 35.0 Å². The smallest absolute Gasteiger partial charge is 0.182 e. The zero-order valence-electron chi connectivity index (χ0n) is 13.6. The maximum Gasteiger partial charge on any atom is 0.182 e. The van der Waals surface area contributed by atoms with Gasteiger partial charge in [0.25, 0.3) is 0 Å². The van der Waals surface area contributed by atoms with Crippen molar-refractivity contribution in [2.45, 2.75) is 33.2 Å². The van der Waals surface area contributed by atoms with E-state index in [4.69, 9.17) is 0 Å². The van der Waals surface area contributed by atoms with E-state index in [1.807, 2.05) is 39.2 Å². The fourth-order valence-corrected chi connectivity index (χ4v) is 2.14. The van der Waals surface area contributed by atoms with Gasteiger partial charge in [-0.05, 0) is 27.7 Å². The number of hydrogen-bond acceptors (Lipinski definition) is 5. The lowest BCUT2D eigenvalue weighted by atomic mass is 10.1. The number of oxime groups is 1. The third-order valence-electron chi connectivity index (χ3n) is 3.15. The molecule has 0 saturated carbocycles. The highest BCUT2D eigenvalue weighted by atomic mass is 16.5. The number of aromatic nitrogens is 2. The molecule has 0 aliphatic rings. The molecule has 7 heteroatoms. The third-order valence-corrected chi connectivity index (χ3v) is 3.15. The van der Waals surface area contributed by atoms with Gasteiger partial charge in [-0.1, -0.05) is 35.5 Å². The molecule has 0 aliphatic carbocycles. The van der Waals surface area contributed by atoms with Gasteiger partial charge in [0.1, 0.15) is 0 Å². The highest BCUT2D eigenvalue weighted by molar-refractivity contribution is 6.47. The highest BCUT2D eigenvalue weighted by Crippen LogP contribution is 2.23. The van der Waals surface area contributed by atoms with Crippen LogP contribution < -0.4 is 5.48 Å². The molecule has 122 valence electrons. The van der Waals surface area contributed by atoms with Crippen molar-refractivity contribution in [1.82, 2.24) is 15.3 Å². The maximum atomic E-state index is 9.45. The Morgan fingerprint density at radius 1 is 1.22 bits per heavy atom. The van der Waals surface area contributed by atoms with Crippen molar-refractivity contribution in [3.8, 4) is 0 Å². The minimum absolute atomic E-state index is 0.0316. The van der Waals surface area contributed by atoms with Gasteiger partial charge in [0, 0.05) is 11.6 Å². The average Bonchev–Trinajstić information content (AvgIpc) is 2.89. The van der Waals surface area contributed by atoms with Crippen LogP contribution in [0.2, 0.25) is 0 Å². The van der Waals surface area contributed by atoms with Crippen LogP contribution in [-0.2, 0) is 5.54 Å². The molecule has 0 fully saturated rings. The summed E-state index contributed by atoms with van der Waals surface area (Å²) in [4.78, 5) is 4.38. The number of hydroxylamine groups is 1.